The molecule has 5 heteroatoms. The zero-order chi connectivity index (χ0) is 20.1. The van der Waals surface area contributed by atoms with Crippen LogP contribution >= 0.6 is 15.9 Å². The first-order valence-electron chi connectivity index (χ1n) is 9.81. The second-order valence-corrected chi connectivity index (χ2v) is 7.72. The fraction of sp³-hybridized carbons (Fsp3) is 0.208. The summed E-state index contributed by atoms with van der Waals surface area (Å²) < 4.78 is 14.9. The van der Waals surface area contributed by atoms with E-state index >= 15 is 0 Å². The van der Waals surface area contributed by atoms with Gasteiger partial charge in [0.25, 0.3) is 0 Å². The standard InChI is InChI=1S/C24H23BrN2O2/c1-2-13-29-24-17-23(18-6-4-3-5-7-18)26-27(24)12-14-28-22-11-9-19-15-21(25)10-8-20(19)16-22/h3-11,15-17H,2,12-14H2,1H3. The number of ether oxygens (including phenoxy) is 2. The van der Waals surface area contributed by atoms with Gasteiger partial charge in [0, 0.05) is 16.1 Å². The van der Waals surface area contributed by atoms with Gasteiger partial charge in [0.05, 0.1) is 18.8 Å². The summed E-state index contributed by atoms with van der Waals surface area (Å²) in [5.41, 5.74) is 1.99. The van der Waals surface area contributed by atoms with Gasteiger partial charge in [0.15, 0.2) is 0 Å². The Morgan fingerprint density at radius 2 is 1.66 bits per heavy atom. The van der Waals surface area contributed by atoms with E-state index in [0.717, 1.165) is 39.2 Å². The highest BCUT2D eigenvalue weighted by atomic mass is 79.9. The van der Waals surface area contributed by atoms with Crippen molar-refractivity contribution < 1.29 is 9.47 Å². The Balaban J connectivity index is 1.47. The van der Waals surface area contributed by atoms with Crippen LogP contribution in [0.1, 0.15) is 13.3 Å². The van der Waals surface area contributed by atoms with Crippen molar-refractivity contribution in [2.45, 2.75) is 19.9 Å². The Kier molecular flexibility index (Phi) is 6.15. The summed E-state index contributed by atoms with van der Waals surface area (Å²) in [6.45, 7) is 3.89. The third-order valence-electron chi connectivity index (χ3n) is 4.61. The largest absolute Gasteiger partial charge is 0.492 e. The van der Waals surface area contributed by atoms with E-state index in [1.807, 2.05) is 41.1 Å². The number of aromatic nitrogens is 2. The Hall–Kier alpha value is -2.79. The van der Waals surface area contributed by atoms with Crippen LogP contribution in [0.2, 0.25) is 0 Å². The Bertz CT molecular complexity index is 1090. The molecule has 0 aliphatic rings. The van der Waals surface area contributed by atoms with Crippen molar-refractivity contribution in [3.63, 3.8) is 0 Å². The van der Waals surface area contributed by atoms with E-state index in [1.165, 1.54) is 5.39 Å². The molecule has 1 aromatic heterocycles. The highest BCUT2D eigenvalue weighted by Gasteiger charge is 2.11. The second-order valence-electron chi connectivity index (χ2n) is 6.81. The molecule has 4 nitrogen and oxygen atoms in total. The van der Waals surface area contributed by atoms with Crippen LogP contribution in [0.5, 0.6) is 11.6 Å². The molecule has 0 spiro atoms. The van der Waals surface area contributed by atoms with Crippen molar-refractivity contribution in [3.05, 3.63) is 77.3 Å². The minimum absolute atomic E-state index is 0.514. The Morgan fingerprint density at radius 1 is 0.862 bits per heavy atom. The number of nitrogens with zero attached hydrogens (tertiary/aromatic N) is 2. The van der Waals surface area contributed by atoms with Crippen molar-refractivity contribution in [1.29, 1.82) is 0 Å². The molecule has 0 aliphatic heterocycles. The van der Waals surface area contributed by atoms with Gasteiger partial charge in [-0.3, -0.25) is 0 Å². The molecule has 4 aromatic rings. The SMILES string of the molecule is CCCOc1cc(-c2ccccc2)nn1CCOc1ccc2cc(Br)ccc2c1. The molecule has 148 valence electrons. The summed E-state index contributed by atoms with van der Waals surface area (Å²) in [6.07, 6.45) is 0.954. The highest BCUT2D eigenvalue weighted by Crippen LogP contribution is 2.25. The molecule has 0 bridgehead atoms. The molecular weight excluding hydrogens is 428 g/mol. The predicted octanol–water partition coefficient (Wildman–Crippen LogP) is 6.33. The third kappa shape index (κ3) is 4.80. The number of rotatable bonds is 8. The number of benzene rings is 3. The summed E-state index contributed by atoms with van der Waals surface area (Å²) in [5.74, 6) is 1.63. The molecule has 3 aromatic carbocycles. The molecule has 0 N–H and O–H groups in total. The summed E-state index contributed by atoms with van der Waals surface area (Å²) in [6, 6.07) is 24.5. The lowest BCUT2D eigenvalue weighted by Gasteiger charge is -2.10. The van der Waals surface area contributed by atoms with E-state index in [2.05, 4.69) is 59.3 Å². The average Bonchev–Trinajstić information content (AvgIpc) is 3.16. The van der Waals surface area contributed by atoms with Crippen LogP contribution in [-0.4, -0.2) is 23.0 Å². The van der Waals surface area contributed by atoms with Crippen molar-refractivity contribution in [3.8, 4) is 22.9 Å². The van der Waals surface area contributed by atoms with Crippen LogP contribution in [0.3, 0.4) is 0 Å². The first-order chi connectivity index (χ1) is 14.2. The van der Waals surface area contributed by atoms with Gasteiger partial charge in [0.2, 0.25) is 5.88 Å². The van der Waals surface area contributed by atoms with Gasteiger partial charge < -0.3 is 9.47 Å². The van der Waals surface area contributed by atoms with E-state index in [-0.39, 0.29) is 0 Å². The summed E-state index contributed by atoms with van der Waals surface area (Å²) in [4.78, 5) is 0. The predicted molar refractivity (Wildman–Crippen MR) is 121 cm³/mol. The monoisotopic (exact) mass is 450 g/mol. The first-order valence-corrected chi connectivity index (χ1v) is 10.6. The Labute approximate surface area is 179 Å². The minimum atomic E-state index is 0.514. The first kappa shape index (κ1) is 19.5. The lowest BCUT2D eigenvalue weighted by molar-refractivity contribution is 0.252. The van der Waals surface area contributed by atoms with Crippen LogP contribution < -0.4 is 9.47 Å². The van der Waals surface area contributed by atoms with Crippen LogP contribution in [0.15, 0.2) is 77.3 Å². The van der Waals surface area contributed by atoms with Gasteiger partial charge in [-0.25, -0.2) is 4.68 Å². The molecule has 4 rings (SSSR count). The zero-order valence-electron chi connectivity index (χ0n) is 16.3. The maximum Gasteiger partial charge on any atom is 0.212 e. The van der Waals surface area contributed by atoms with Crippen molar-refractivity contribution in [2.24, 2.45) is 0 Å². The molecule has 0 amide bonds. The topological polar surface area (TPSA) is 36.3 Å². The molecule has 0 aliphatic carbocycles. The molecule has 29 heavy (non-hydrogen) atoms. The summed E-state index contributed by atoms with van der Waals surface area (Å²) in [5, 5.41) is 7.07. The van der Waals surface area contributed by atoms with Gasteiger partial charge in [-0.15, -0.1) is 0 Å². The van der Waals surface area contributed by atoms with E-state index in [1.54, 1.807) is 0 Å². The van der Waals surface area contributed by atoms with Crippen molar-refractivity contribution in [1.82, 2.24) is 9.78 Å². The van der Waals surface area contributed by atoms with E-state index < -0.39 is 0 Å². The van der Waals surface area contributed by atoms with E-state index in [9.17, 15) is 0 Å². The molecule has 0 saturated carbocycles. The Morgan fingerprint density at radius 3 is 2.48 bits per heavy atom. The molecular formula is C24H23BrN2O2. The molecule has 0 saturated heterocycles. The lowest BCUT2D eigenvalue weighted by Crippen LogP contribution is -2.12. The third-order valence-corrected chi connectivity index (χ3v) is 5.11. The summed E-state index contributed by atoms with van der Waals surface area (Å²) in [7, 11) is 0. The van der Waals surface area contributed by atoms with E-state index in [4.69, 9.17) is 14.6 Å². The van der Waals surface area contributed by atoms with Crippen LogP contribution in [0.4, 0.5) is 0 Å². The van der Waals surface area contributed by atoms with Crippen LogP contribution in [0, 0.1) is 0 Å². The van der Waals surface area contributed by atoms with Gasteiger partial charge in [-0.05, 0) is 41.5 Å². The zero-order valence-corrected chi connectivity index (χ0v) is 17.9. The van der Waals surface area contributed by atoms with E-state index in [0.29, 0.717) is 19.8 Å². The molecule has 0 atom stereocenters. The number of hydrogen-bond donors (Lipinski definition) is 0. The van der Waals surface area contributed by atoms with Gasteiger partial charge in [0.1, 0.15) is 12.4 Å². The molecule has 0 unspecified atom stereocenters. The van der Waals surface area contributed by atoms with Gasteiger partial charge >= 0.3 is 0 Å². The second kappa shape index (κ2) is 9.14. The number of fused-ring (bicyclic) bond motifs is 1. The highest BCUT2D eigenvalue weighted by molar-refractivity contribution is 9.10. The average molecular weight is 451 g/mol. The quantitative estimate of drug-likeness (QED) is 0.314. The fourth-order valence-corrected chi connectivity index (χ4v) is 3.55. The maximum absolute atomic E-state index is 5.99. The number of halogens is 1. The molecule has 0 radical (unpaired) electrons. The molecule has 0 fully saturated rings. The van der Waals surface area contributed by atoms with Crippen LogP contribution in [-0.2, 0) is 6.54 Å². The number of hydrogen-bond acceptors (Lipinski definition) is 3. The van der Waals surface area contributed by atoms with Gasteiger partial charge in [-0.2, -0.15) is 5.10 Å². The minimum Gasteiger partial charge on any atom is -0.492 e. The maximum atomic E-state index is 5.99. The van der Waals surface area contributed by atoms with Crippen LogP contribution in [0.25, 0.3) is 22.0 Å². The summed E-state index contributed by atoms with van der Waals surface area (Å²) >= 11 is 3.51. The molecule has 1 heterocycles. The van der Waals surface area contributed by atoms with Crippen molar-refractivity contribution in [2.75, 3.05) is 13.2 Å². The van der Waals surface area contributed by atoms with Crippen molar-refractivity contribution >= 4 is 26.7 Å². The smallest absolute Gasteiger partial charge is 0.212 e. The fourth-order valence-electron chi connectivity index (χ4n) is 3.17. The lowest BCUT2D eigenvalue weighted by atomic mass is 10.1. The van der Waals surface area contributed by atoms with Gasteiger partial charge in [-0.1, -0.05) is 65.3 Å². The normalized spacial score (nSPS) is 11.0.